The van der Waals surface area contributed by atoms with Crippen molar-refractivity contribution < 1.29 is 14.3 Å². The van der Waals surface area contributed by atoms with Gasteiger partial charge in [0, 0.05) is 19.6 Å². The summed E-state index contributed by atoms with van der Waals surface area (Å²) in [4.78, 5) is 26.0. The zero-order valence-electron chi connectivity index (χ0n) is 13.0. The van der Waals surface area contributed by atoms with Crippen LogP contribution in [0.2, 0.25) is 0 Å². The van der Waals surface area contributed by atoms with Crippen LogP contribution in [0.3, 0.4) is 0 Å². The van der Waals surface area contributed by atoms with Crippen LogP contribution in [-0.4, -0.2) is 42.1 Å². The molecule has 1 aliphatic heterocycles. The maximum Gasteiger partial charge on any atom is 0.407 e. The molecule has 1 spiro atoms. The smallest absolute Gasteiger partial charge is 0.407 e. The molecule has 20 heavy (non-hydrogen) atoms. The predicted molar refractivity (Wildman–Crippen MR) is 76.3 cm³/mol. The molecule has 114 valence electrons. The van der Waals surface area contributed by atoms with Crippen LogP contribution >= 0.6 is 0 Å². The van der Waals surface area contributed by atoms with Crippen molar-refractivity contribution in [2.75, 3.05) is 13.6 Å². The van der Waals surface area contributed by atoms with Crippen LogP contribution in [0.5, 0.6) is 0 Å². The summed E-state index contributed by atoms with van der Waals surface area (Å²) in [6.45, 7) is 6.39. The van der Waals surface area contributed by atoms with Gasteiger partial charge < -0.3 is 15.0 Å². The Balaban J connectivity index is 1.95. The van der Waals surface area contributed by atoms with Crippen molar-refractivity contribution in [2.45, 2.75) is 64.5 Å². The third kappa shape index (κ3) is 3.25. The van der Waals surface area contributed by atoms with Gasteiger partial charge in [-0.3, -0.25) is 4.79 Å². The Morgan fingerprint density at radius 3 is 2.65 bits per heavy atom. The third-order valence-corrected chi connectivity index (χ3v) is 4.29. The Bertz CT molecular complexity index is 398. The standard InChI is InChI=1S/C15H26N2O3/c1-14(2,3)20-13(19)16-11-6-5-7-15(10-11)8-9-17(4)12(15)18/h11H,5-10H2,1-4H3,(H,16,19)/t11-,15-/m0/s1. The van der Waals surface area contributed by atoms with Crippen molar-refractivity contribution in [2.24, 2.45) is 5.41 Å². The van der Waals surface area contributed by atoms with Gasteiger partial charge in [0.25, 0.3) is 0 Å². The van der Waals surface area contributed by atoms with E-state index in [1.807, 2.05) is 32.7 Å². The quantitative estimate of drug-likeness (QED) is 0.803. The number of hydrogen-bond acceptors (Lipinski definition) is 3. The number of alkyl carbamates (subject to hydrolysis) is 1. The summed E-state index contributed by atoms with van der Waals surface area (Å²) < 4.78 is 5.29. The van der Waals surface area contributed by atoms with E-state index in [-0.39, 0.29) is 23.5 Å². The zero-order chi connectivity index (χ0) is 15.0. The van der Waals surface area contributed by atoms with Crippen molar-refractivity contribution in [1.29, 1.82) is 0 Å². The van der Waals surface area contributed by atoms with E-state index in [1.165, 1.54) is 0 Å². The fourth-order valence-electron chi connectivity index (χ4n) is 3.38. The molecule has 2 fully saturated rings. The maximum atomic E-state index is 12.3. The maximum absolute atomic E-state index is 12.3. The second-order valence-corrected chi connectivity index (χ2v) is 7.20. The van der Waals surface area contributed by atoms with Gasteiger partial charge in [-0.15, -0.1) is 0 Å². The molecule has 2 rings (SSSR count). The van der Waals surface area contributed by atoms with Gasteiger partial charge in [-0.25, -0.2) is 4.79 Å². The van der Waals surface area contributed by atoms with Gasteiger partial charge in [0.15, 0.2) is 0 Å². The molecule has 2 atom stereocenters. The molecule has 1 heterocycles. The topological polar surface area (TPSA) is 58.6 Å². The van der Waals surface area contributed by atoms with Crippen LogP contribution < -0.4 is 5.32 Å². The molecule has 0 unspecified atom stereocenters. The number of amides is 2. The molecule has 0 aromatic carbocycles. The first-order chi connectivity index (χ1) is 9.22. The van der Waals surface area contributed by atoms with E-state index >= 15 is 0 Å². The molecular weight excluding hydrogens is 256 g/mol. The largest absolute Gasteiger partial charge is 0.444 e. The second kappa shape index (κ2) is 5.26. The van der Waals surface area contributed by atoms with E-state index in [0.717, 1.165) is 38.6 Å². The molecule has 1 aliphatic carbocycles. The van der Waals surface area contributed by atoms with E-state index in [9.17, 15) is 9.59 Å². The van der Waals surface area contributed by atoms with Crippen LogP contribution in [0.4, 0.5) is 4.79 Å². The van der Waals surface area contributed by atoms with Gasteiger partial charge in [0.2, 0.25) is 5.91 Å². The Hall–Kier alpha value is -1.26. The van der Waals surface area contributed by atoms with E-state index in [2.05, 4.69) is 5.32 Å². The summed E-state index contributed by atoms with van der Waals surface area (Å²) in [5, 5.41) is 2.93. The zero-order valence-corrected chi connectivity index (χ0v) is 13.0. The van der Waals surface area contributed by atoms with E-state index in [4.69, 9.17) is 4.74 Å². The fraction of sp³-hybridized carbons (Fsp3) is 0.867. The fourth-order valence-corrected chi connectivity index (χ4v) is 3.38. The lowest BCUT2D eigenvalue weighted by Gasteiger charge is -2.36. The molecule has 0 bridgehead atoms. The Kier molecular flexibility index (Phi) is 3.98. The highest BCUT2D eigenvalue weighted by Crippen LogP contribution is 2.44. The highest BCUT2D eigenvalue weighted by atomic mass is 16.6. The van der Waals surface area contributed by atoms with E-state index < -0.39 is 5.60 Å². The van der Waals surface area contributed by atoms with Crippen molar-refractivity contribution in [3.63, 3.8) is 0 Å². The minimum atomic E-state index is -0.486. The summed E-state index contributed by atoms with van der Waals surface area (Å²) in [5.74, 6) is 0.244. The number of nitrogens with one attached hydrogen (secondary N) is 1. The molecular formula is C15H26N2O3. The van der Waals surface area contributed by atoms with Crippen LogP contribution in [0.1, 0.15) is 52.9 Å². The van der Waals surface area contributed by atoms with Gasteiger partial charge in [0.05, 0.1) is 5.41 Å². The van der Waals surface area contributed by atoms with Crippen LogP contribution in [0.15, 0.2) is 0 Å². The molecule has 1 saturated heterocycles. The highest BCUT2D eigenvalue weighted by molar-refractivity contribution is 5.84. The van der Waals surface area contributed by atoms with E-state index in [0.29, 0.717) is 0 Å². The molecule has 2 amide bonds. The van der Waals surface area contributed by atoms with Crippen molar-refractivity contribution >= 4 is 12.0 Å². The molecule has 2 aliphatic rings. The van der Waals surface area contributed by atoms with Gasteiger partial charge in [0.1, 0.15) is 5.60 Å². The number of carbonyl (C=O) groups is 2. The van der Waals surface area contributed by atoms with Crippen LogP contribution in [0, 0.1) is 5.41 Å². The number of carbonyl (C=O) groups excluding carboxylic acids is 2. The summed E-state index contributed by atoms with van der Waals surface area (Å²) in [6, 6.07) is 0.0500. The molecule has 0 radical (unpaired) electrons. The Morgan fingerprint density at radius 2 is 2.10 bits per heavy atom. The normalized spacial score (nSPS) is 30.7. The van der Waals surface area contributed by atoms with Crippen molar-refractivity contribution in [3.05, 3.63) is 0 Å². The number of nitrogens with zero attached hydrogens (tertiary/aromatic N) is 1. The lowest BCUT2D eigenvalue weighted by molar-refractivity contribution is -0.136. The van der Waals surface area contributed by atoms with Crippen LogP contribution in [-0.2, 0) is 9.53 Å². The summed E-state index contributed by atoms with van der Waals surface area (Å²) in [7, 11) is 1.86. The van der Waals surface area contributed by atoms with Gasteiger partial charge >= 0.3 is 6.09 Å². The van der Waals surface area contributed by atoms with Crippen molar-refractivity contribution in [1.82, 2.24) is 10.2 Å². The van der Waals surface area contributed by atoms with Crippen molar-refractivity contribution in [3.8, 4) is 0 Å². The van der Waals surface area contributed by atoms with Crippen LogP contribution in [0.25, 0.3) is 0 Å². The molecule has 1 N–H and O–H groups in total. The summed E-state index contributed by atoms with van der Waals surface area (Å²) in [6.07, 6.45) is 4.14. The molecule has 5 heteroatoms. The average molecular weight is 282 g/mol. The number of rotatable bonds is 1. The summed E-state index contributed by atoms with van der Waals surface area (Å²) in [5.41, 5.74) is -0.730. The number of ether oxygens (including phenoxy) is 1. The predicted octanol–water partition coefficient (Wildman–Crippen LogP) is 2.30. The third-order valence-electron chi connectivity index (χ3n) is 4.29. The molecule has 0 aromatic rings. The average Bonchev–Trinajstić information content (AvgIpc) is 2.56. The van der Waals surface area contributed by atoms with Gasteiger partial charge in [-0.2, -0.15) is 0 Å². The molecule has 1 saturated carbocycles. The minimum absolute atomic E-state index is 0.0500. The summed E-state index contributed by atoms with van der Waals surface area (Å²) >= 11 is 0. The second-order valence-electron chi connectivity index (χ2n) is 7.20. The number of likely N-dealkylation sites (tertiary alicyclic amines) is 1. The Labute approximate surface area is 121 Å². The first-order valence-corrected chi connectivity index (χ1v) is 7.47. The number of hydrogen-bond donors (Lipinski definition) is 1. The monoisotopic (exact) mass is 282 g/mol. The molecule has 0 aromatic heterocycles. The van der Waals surface area contributed by atoms with Gasteiger partial charge in [-0.05, 0) is 46.5 Å². The highest BCUT2D eigenvalue weighted by Gasteiger charge is 2.48. The first kappa shape index (κ1) is 15.1. The minimum Gasteiger partial charge on any atom is -0.444 e. The molecule has 5 nitrogen and oxygen atoms in total. The Morgan fingerprint density at radius 1 is 1.40 bits per heavy atom. The van der Waals surface area contributed by atoms with Gasteiger partial charge in [-0.1, -0.05) is 6.42 Å². The SMILES string of the molecule is CN1CC[C@]2(CCC[C@H](NC(=O)OC(C)(C)C)C2)C1=O. The lowest BCUT2D eigenvalue weighted by Crippen LogP contribution is -2.46. The first-order valence-electron chi connectivity index (χ1n) is 7.47. The lowest BCUT2D eigenvalue weighted by atomic mass is 9.71. The van der Waals surface area contributed by atoms with E-state index in [1.54, 1.807) is 0 Å².